The zero-order chi connectivity index (χ0) is 21.9. The number of piperidine rings is 1. The van der Waals surface area contributed by atoms with Gasteiger partial charge in [-0.05, 0) is 50.1 Å². The minimum atomic E-state index is -3.80. The number of ketones is 1. The summed E-state index contributed by atoms with van der Waals surface area (Å²) in [6, 6.07) is 11.2. The summed E-state index contributed by atoms with van der Waals surface area (Å²) in [5, 5.41) is 3.12. The maximum absolute atomic E-state index is 13.0. The highest BCUT2D eigenvalue weighted by atomic mass is 35.5. The molecule has 0 bridgehead atoms. The molecule has 3 rings (SSSR count). The molecule has 9 heteroatoms. The molecule has 1 N–H and O–H groups in total. The van der Waals surface area contributed by atoms with Crippen molar-refractivity contribution < 1.29 is 22.7 Å². The Balaban J connectivity index is 1.67. The molecule has 1 fully saturated rings. The number of carbonyl (C=O) groups excluding carboxylic acids is 2. The number of Topliss-reactive ketones (excluding diaryl/α,β-unsaturated/α-hetero) is 1. The van der Waals surface area contributed by atoms with Crippen LogP contribution in [-0.4, -0.2) is 44.6 Å². The zero-order valence-corrected chi connectivity index (χ0v) is 18.3. The van der Waals surface area contributed by atoms with Gasteiger partial charge in [-0.3, -0.25) is 9.59 Å². The first-order valence-electron chi connectivity index (χ1n) is 9.48. The highest BCUT2D eigenvalue weighted by Gasteiger charge is 2.34. The van der Waals surface area contributed by atoms with E-state index in [1.807, 2.05) is 0 Å². The summed E-state index contributed by atoms with van der Waals surface area (Å²) in [4.78, 5) is 24.1. The molecule has 0 aromatic heterocycles. The van der Waals surface area contributed by atoms with E-state index in [2.05, 4.69) is 5.32 Å². The highest BCUT2D eigenvalue weighted by molar-refractivity contribution is 7.89. The fourth-order valence-corrected chi connectivity index (χ4v) is 5.30. The Bertz CT molecular complexity index is 1060. The molecule has 1 saturated heterocycles. The lowest BCUT2D eigenvalue weighted by Crippen LogP contribution is -2.41. The average molecular weight is 451 g/mol. The second kappa shape index (κ2) is 9.16. The van der Waals surface area contributed by atoms with E-state index in [0.29, 0.717) is 29.1 Å². The third kappa shape index (κ3) is 4.83. The first-order chi connectivity index (χ1) is 14.2. The smallest absolute Gasteiger partial charge is 0.246 e. The van der Waals surface area contributed by atoms with Crippen LogP contribution in [0, 0.1) is 5.92 Å². The van der Waals surface area contributed by atoms with E-state index >= 15 is 0 Å². The Morgan fingerprint density at radius 1 is 1.13 bits per heavy atom. The zero-order valence-electron chi connectivity index (χ0n) is 16.7. The molecule has 0 aliphatic carbocycles. The van der Waals surface area contributed by atoms with Gasteiger partial charge < -0.3 is 10.1 Å². The number of ether oxygens (including phenoxy) is 1. The van der Waals surface area contributed by atoms with Gasteiger partial charge >= 0.3 is 0 Å². The number of sulfonamides is 1. The number of anilines is 1. The van der Waals surface area contributed by atoms with Gasteiger partial charge in [-0.1, -0.05) is 23.7 Å². The molecule has 0 spiro atoms. The number of halogens is 1. The fourth-order valence-electron chi connectivity index (χ4n) is 3.41. The van der Waals surface area contributed by atoms with Crippen molar-refractivity contribution in [1.29, 1.82) is 0 Å². The van der Waals surface area contributed by atoms with Crippen LogP contribution < -0.4 is 10.1 Å². The van der Waals surface area contributed by atoms with Gasteiger partial charge in [0.1, 0.15) is 10.6 Å². The fraction of sp³-hybridized carbons (Fsp3) is 0.333. The van der Waals surface area contributed by atoms with Gasteiger partial charge in [-0.2, -0.15) is 4.31 Å². The molecule has 7 nitrogen and oxygen atoms in total. The van der Waals surface area contributed by atoms with Crippen LogP contribution >= 0.6 is 11.6 Å². The topological polar surface area (TPSA) is 92.8 Å². The first-order valence-corrected chi connectivity index (χ1v) is 11.3. The van der Waals surface area contributed by atoms with Crippen molar-refractivity contribution in [2.75, 3.05) is 25.5 Å². The van der Waals surface area contributed by atoms with Crippen LogP contribution in [0.2, 0.25) is 5.02 Å². The van der Waals surface area contributed by atoms with Crippen molar-refractivity contribution in [3.63, 3.8) is 0 Å². The Kier molecular flexibility index (Phi) is 6.80. The largest absolute Gasteiger partial charge is 0.495 e. The molecule has 0 radical (unpaired) electrons. The average Bonchev–Trinajstić information content (AvgIpc) is 2.74. The van der Waals surface area contributed by atoms with Crippen LogP contribution in [0.5, 0.6) is 5.75 Å². The van der Waals surface area contributed by atoms with Crippen LogP contribution in [0.1, 0.15) is 30.1 Å². The van der Waals surface area contributed by atoms with E-state index in [9.17, 15) is 18.0 Å². The third-order valence-corrected chi connectivity index (χ3v) is 7.26. The second-order valence-electron chi connectivity index (χ2n) is 7.10. The lowest BCUT2D eigenvalue weighted by Gasteiger charge is -2.31. The number of benzene rings is 2. The molecule has 30 heavy (non-hydrogen) atoms. The molecule has 1 aliphatic rings. The third-order valence-electron chi connectivity index (χ3n) is 5.10. The first kappa shape index (κ1) is 22.3. The Morgan fingerprint density at radius 3 is 2.47 bits per heavy atom. The number of nitrogens with zero attached hydrogens (tertiary/aromatic N) is 1. The number of amides is 1. The summed E-state index contributed by atoms with van der Waals surface area (Å²) in [7, 11) is -2.39. The molecule has 1 aliphatic heterocycles. The number of hydrogen-bond acceptors (Lipinski definition) is 5. The van der Waals surface area contributed by atoms with E-state index in [1.54, 1.807) is 30.3 Å². The normalized spacial score (nSPS) is 15.6. The molecule has 1 amide bonds. The van der Waals surface area contributed by atoms with E-state index in [4.69, 9.17) is 16.3 Å². The second-order valence-corrected chi connectivity index (χ2v) is 9.44. The molecular formula is C21H23ClN2O5S. The SMILES string of the molecule is COc1ccc(Cl)cc1S(=O)(=O)N1CCC(C(=O)Nc2cccc(C(C)=O)c2)CC1. The Labute approximate surface area is 181 Å². The lowest BCUT2D eigenvalue weighted by atomic mass is 9.97. The monoisotopic (exact) mass is 450 g/mol. The minimum Gasteiger partial charge on any atom is -0.495 e. The van der Waals surface area contributed by atoms with Crippen molar-refractivity contribution in [2.45, 2.75) is 24.7 Å². The quantitative estimate of drug-likeness (QED) is 0.679. The van der Waals surface area contributed by atoms with Crippen LogP contribution in [0.3, 0.4) is 0 Å². The number of rotatable bonds is 6. The molecule has 160 valence electrons. The molecule has 1 heterocycles. The van der Waals surface area contributed by atoms with Gasteiger partial charge in [-0.15, -0.1) is 0 Å². The van der Waals surface area contributed by atoms with E-state index < -0.39 is 10.0 Å². The van der Waals surface area contributed by atoms with Crippen LogP contribution in [0.15, 0.2) is 47.4 Å². The number of hydrogen-bond donors (Lipinski definition) is 1. The lowest BCUT2D eigenvalue weighted by molar-refractivity contribution is -0.120. The number of carbonyl (C=O) groups is 2. The van der Waals surface area contributed by atoms with E-state index in [-0.39, 0.29) is 41.3 Å². The Hall–Kier alpha value is -2.42. The molecular weight excluding hydrogens is 428 g/mol. The van der Waals surface area contributed by atoms with Gasteiger partial charge in [0.15, 0.2) is 5.78 Å². The minimum absolute atomic E-state index is 0.0152. The summed E-state index contributed by atoms with van der Waals surface area (Å²) in [5.74, 6) is -0.363. The van der Waals surface area contributed by atoms with Gasteiger partial charge in [0.2, 0.25) is 15.9 Å². The predicted molar refractivity (Wildman–Crippen MR) is 115 cm³/mol. The number of methoxy groups -OCH3 is 1. The summed E-state index contributed by atoms with van der Waals surface area (Å²) in [6.07, 6.45) is 0.778. The molecule has 0 saturated carbocycles. The van der Waals surface area contributed by atoms with Gasteiger partial charge in [-0.25, -0.2) is 8.42 Å². The molecule has 2 aromatic rings. The summed E-state index contributed by atoms with van der Waals surface area (Å²) < 4.78 is 32.6. The van der Waals surface area contributed by atoms with Crippen molar-refractivity contribution >= 4 is 39.0 Å². The van der Waals surface area contributed by atoms with Gasteiger partial charge in [0.05, 0.1) is 7.11 Å². The molecule has 0 atom stereocenters. The summed E-state index contributed by atoms with van der Waals surface area (Å²) in [5.41, 5.74) is 1.07. The van der Waals surface area contributed by atoms with Crippen molar-refractivity contribution in [1.82, 2.24) is 4.31 Å². The van der Waals surface area contributed by atoms with Crippen LogP contribution in [-0.2, 0) is 14.8 Å². The van der Waals surface area contributed by atoms with Crippen molar-refractivity contribution in [3.8, 4) is 5.75 Å². The van der Waals surface area contributed by atoms with Crippen LogP contribution in [0.25, 0.3) is 0 Å². The number of nitrogens with one attached hydrogen (secondary N) is 1. The van der Waals surface area contributed by atoms with Crippen LogP contribution in [0.4, 0.5) is 5.69 Å². The van der Waals surface area contributed by atoms with E-state index in [0.717, 1.165) is 0 Å². The maximum atomic E-state index is 13.0. The highest BCUT2D eigenvalue weighted by Crippen LogP contribution is 2.32. The van der Waals surface area contributed by atoms with Gasteiger partial charge in [0.25, 0.3) is 0 Å². The molecule has 2 aromatic carbocycles. The van der Waals surface area contributed by atoms with Crippen molar-refractivity contribution in [3.05, 3.63) is 53.1 Å². The molecule has 0 unspecified atom stereocenters. The summed E-state index contributed by atoms with van der Waals surface area (Å²) >= 11 is 5.98. The Morgan fingerprint density at radius 2 is 1.83 bits per heavy atom. The maximum Gasteiger partial charge on any atom is 0.246 e. The van der Waals surface area contributed by atoms with Gasteiger partial charge in [0, 0.05) is 35.3 Å². The summed E-state index contributed by atoms with van der Waals surface area (Å²) in [6.45, 7) is 1.89. The van der Waals surface area contributed by atoms with E-state index in [1.165, 1.54) is 30.5 Å². The predicted octanol–water partition coefficient (Wildman–Crippen LogP) is 3.59. The van der Waals surface area contributed by atoms with Crippen molar-refractivity contribution in [2.24, 2.45) is 5.92 Å². The standard InChI is InChI=1S/C21H23ClN2O5S/c1-14(25)16-4-3-5-18(12-16)23-21(26)15-8-10-24(11-9-15)30(27,28)20-13-17(22)6-7-19(20)29-2/h3-7,12-13,15H,8-11H2,1-2H3,(H,23,26).